The Labute approximate surface area is 171 Å². The highest BCUT2D eigenvalue weighted by Gasteiger charge is 2.37. The van der Waals surface area contributed by atoms with E-state index in [1.54, 1.807) is 0 Å². The number of rotatable bonds is 5. The number of nitrogens with one attached hydrogen (secondary N) is 1. The van der Waals surface area contributed by atoms with Gasteiger partial charge in [-0.2, -0.15) is 26.3 Å². The molecule has 8 heteroatoms. The van der Waals surface area contributed by atoms with E-state index in [1.165, 1.54) is 5.56 Å². The van der Waals surface area contributed by atoms with E-state index in [0.29, 0.717) is 18.7 Å². The van der Waals surface area contributed by atoms with E-state index in [9.17, 15) is 26.3 Å². The van der Waals surface area contributed by atoms with Crippen LogP contribution in [0.2, 0.25) is 0 Å². The highest BCUT2D eigenvalue weighted by Crippen LogP contribution is 2.37. The minimum atomic E-state index is -4.86. The van der Waals surface area contributed by atoms with Gasteiger partial charge in [0.25, 0.3) is 0 Å². The minimum absolute atomic E-state index is 0.0766. The molecule has 1 aliphatic heterocycles. The fourth-order valence-electron chi connectivity index (χ4n) is 3.94. The lowest BCUT2D eigenvalue weighted by Gasteiger charge is -2.33. The van der Waals surface area contributed by atoms with E-state index in [0.717, 1.165) is 18.5 Å². The number of piperidine rings is 1. The maximum atomic E-state index is 13.0. The molecule has 2 nitrogen and oxygen atoms in total. The minimum Gasteiger partial charge on any atom is -0.376 e. The van der Waals surface area contributed by atoms with Crippen LogP contribution in [0.25, 0.3) is 0 Å². The maximum Gasteiger partial charge on any atom is 0.416 e. The predicted octanol–water partition coefficient (Wildman–Crippen LogP) is 5.94. The third kappa shape index (κ3) is 5.55. The van der Waals surface area contributed by atoms with Gasteiger partial charge in [0.15, 0.2) is 0 Å². The molecule has 0 radical (unpaired) electrons. The van der Waals surface area contributed by atoms with Gasteiger partial charge in [-0.05, 0) is 60.7 Å². The summed E-state index contributed by atoms with van der Waals surface area (Å²) in [6.45, 7) is 3.47. The summed E-state index contributed by atoms with van der Waals surface area (Å²) in [7, 11) is 0. The molecule has 2 atom stereocenters. The summed E-state index contributed by atoms with van der Waals surface area (Å²) < 4.78 is 83.7. The zero-order valence-electron chi connectivity index (χ0n) is 16.4. The molecular formula is C22H23F6NO. The van der Waals surface area contributed by atoms with Gasteiger partial charge in [0.05, 0.1) is 24.3 Å². The van der Waals surface area contributed by atoms with Gasteiger partial charge in [0.2, 0.25) is 0 Å². The van der Waals surface area contributed by atoms with Crippen molar-refractivity contribution in [2.75, 3.05) is 19.7 Å². The molecule has 30 heavy (non-hydrogen) atoms. The molecule has 164 valence electrons. The van der Waals surface area contributed by atoms with Crippen LogP contribution < -0.4 is 5.32 Å². The van der Waals surface area contributed by atoms with Crippen LogP contribution in [0.15, 0.2) is 42.5 Å². The lowest BCUT2D eigenvalue weighted by Crippen LogP contribution is -2.38. The van der Waals surface area contributed by atoms with E-state index < -0.39 is 23.5 Å². The van der Waals surface area contributed by atoms with Gasteiger partial charge in [-0.3, -0.25) is 0 Å². The average molecular weight is 431 g/mol. The molecule has 1 fully saturated rings. The third-order valence-corrected chi connectivity index (χ3v) is 5.44. The van der Waals surface area contributed by atoms with Crippen molar-refractivity contribution < 1.29 is 31.1 Å². The number of benzene rings is 2. The van der Waals surface area contributed by atoms with E-state index in [2.05, 4.69) is 11.4 Å². The molecular weight excluding hydrogens is 408 g/mol. The SMILES string of the molecule is Cc1ccccc1C1CCNCC1COCc1cc(C(F)(F)F)cc(C(F)(F)F)c1. The second-order valence-corrected chi connectivity index (χ2v) is 7.65. The van der Waals surface area contributed by atoms with Crippen LogP contribution in [0, 0.1) is 12.8 Å². The zero-order chi connectivity index (χ0) is 21.9. The van der Waals surface area contributed by atoms with Crippen LogP contribution in [0.3, 0.4) is 0 Å². The summed E-state index contributed by atoms with van der Waals surface area (Å²) in [5.41, 5.74) is -0.442. The third-order valence-electron chi connectivity index (χ3n) is 5.44. The second-order valence-electron chi connectivity index (χ2n) is 7.65. The molecule has 0 bridgehead atoms. The largest absolute Gasteiger partial charge is 0.416 e. The molecule has 0 aliphatic carbocycles. The fourth-order valence-corrected chi connectivity index (χ4v) is 3.94. The molecule has 2 aromatic rings. The highest BCUT2D eigenvalue weighted by atomic mass is 19.4. The summed E-state index contributed by atoms with van der Waals surface area (Å²) >= 11 is 0. The summed E-state index contributed by atoms with van der Waals surface area (Å²) in [5.74, 6) is 0.299. The molecule has 2 aromatic carbocycles. The van der Waals surface area contributed by atoms with Gasteiger partial charge in [-0.1, -0.05) is 24.3 Å². The summed E-state index contributed by atoms with van der Waals surface area (Å²) in [5, 5.41) is 3.28. The number of hydrogen-bond donors (Lipinski definition) is 1. The van der Waals surface area contributed by atoms with E-state index in [4.69, 9.17) is 4.74 Å². The van der Waals surface area contributed by atoms with Gasteiger partial charge in [-0.25, -0.2) is 0 Å². The van der Waals surface area contributed by atoms with Gasteiger partial charge >= 0.3 is 12.4 Å². The first-order chi connectivity index (χ1) is 14.1. The van der Waals surface area contributed by atoms with E-state index in [-0.39, 0.29) is 36.7 Å². The number of hydrogen-bond acceptors (Lipinski definition) is 2. The smallest absolute Gasteiger partial charge is 0.376 e. The molecule has 1 saturated heterocycles. The second kappa shape index (κ2) is 8.98. The first-order valence-electron chi connectivity index (χ1n) is 9.68. The molecule has 3 rings (SSSR count). The Kier molecular flexibility index (Phi) is 6.77. The topological polar surface area (TPSA) is 21.3 Å². The molecule has 0 spiro atoms. The quantitative estimate of drug-likeness (QED) is 0.592. The van der Waals surface area contributed by atoms with Crippen molar-refractivity contribution in [1.82, 2.24) is 5.32 Å². The fraction of sp³-hybridized carbons (Fsp3) is 0.455. The Bertz CT molecular complexity index is 829. The Morgan fingerprint density at radius 1 is 0.967 bits per heavy atom. The number of halogens is 6. The molecule has 1 heterocycles. The van der Waals surface area contributed by atoms with Gasteiger partial charge in [0.1, 0.15) is 0 Å². The first-order valence-corrected chi connectivity index (χ1v) is 9.68. The van der Waals surface area contributed by atoms with Gasteiger partial charge in [-0.15, -0.1) is 0 Å². The van der Waals surface area contributed by atoms with Crippen LogP contribution in [0.1, 0.15) is 40.2 Å². The van der Waals surface area contributed by atoms with Gasteiger partial charge < -0.3 is 10.1 Å². The number of ether oxygens (including phenoxy) is 1. The van der Waals surface area contributed by atoms with Crippen LogP contribution >= 0.6 is 0 Å². The van der Waals surface area contributed by atoms with Crippen molar-refractivity contribution >= 4 is 0 Å². The summed E-state index contributed by atoms with van der Waals surface area (Å²) in [6.07, 6.45) is -8.83. The van der Waals surface area contributed by atoms with Crippen LogP contribution in [0.5, 0.6) is 0 Å². The van der Waals surface area contributed by atoms with Crippen LogP contribution in [-0.4, -0.2) is 19.7 Å². The van der Waals surface area contributed by atoms with Gasteiger partial charge in [0, 0.05) is 12.5 Å². The van der Waals surface area contributed by atoms with Crippen LogP contribution in [0.4, 0.5) is 26.3 Å². The first kappa shape index (κ1) is 22.6. The lowest BCUT2D eigenvalue weighted by molar-refractivity contribution is -0.143. The van der Waals surface area contributed by atoms with Crippen molar-refractivity contribution in [2.45, 2.75) is 38.2 Å². The zero-order valence-corrected chi connectivity index (χ0v) is 16.4. The Morgan fingerprint density at radius 2 is 1.60 bits per heavy atom. The molecule has 1 N–H and O–H groups in total. The van der Waals surface area contributed by atoms with Crippen LogP contribution in [-0.2, 0) is 23.7 Å². The van der Waals surface area contributed by atoms with Crippen molar-refractivity contribution in [3.63, 3.8) is 0 Å². The Hall–Kier alpha value is -2.06. The van der Waals surface area contributed by atoms with Crippen molar-refractivity contribution in [2.24, 2.45) is 5.92 Å². The van der Waals surface area contributed by atoms with E-state index in [1.807, 2.05) is 25.1 Å². The van der Waals surface area contributed by atoms with Crippen molar-refractivity contribution in [1.29, 1.82) is 0 Å². The van der Waals surface area contributed by atoms with Crippen molar-refractivity contribution in [3.8, 4) is 0 Å². The molecule has 0 saturated carbocycles. The number of alkyl halides is 6. The molecule has 0 aromatic heterocycles. The molecule has 2 unspecified atom stereocenters. The normalized spacial score (nSPS) is 20.4. The Balaban J connectivity index is 1.72. The highest BCUT2D eigenvalue weighted by molar-refractivity contribution is 5.33. The Morgan fingerprint density at radius 3 is 2.20 bits per heavy atom. The summed E-state index contributed by atoms with van der Waals surface area (Å²) in [6, 6.07) is 9.56. The average Bonchev–Trinajstić information content (AvgIpc) is 2.67. The standard InChI is InChI=1S/C22H23F6NO/c1-14-4-2-3-5-19(14)20-6-7-29-11-16(20)13-30-12-15-8-17(21(23,24)25)10-18(9-15)22(26,27)28/h2-5,8-10,16,20,29H,6-7,11-13H2,1H3. The monoisotopic (exact) mass is 431 g/mol. The maximum absolute atomic E-state index is 13.0. The van der Waals surface area contributed by atoms with E-state index >= 15 is 0 Å². The van der Waals surface area contributed by atoms with Crippen molar-refractivity contribution in [3.05, 3.63) is 70.3 Å². The molecule has 0 amide bonds. The molecule has 1 aliphatic rings. The lowest BCUT2D eigenvalue weighted by atomic mass is 9.80. The summed E-state index contributed by atoms with van der Waals surface area (Å²) in [4.78, 5) is 0. The predicted molar refractivity (Wildman–Crippen MR) is 101 cm³/mol. The number of aryl methyl sites for hydroxylation is 1.